The van der Waals surface area contributed by atoms with Gasteiger partial charge in [0.25, 0.3) is 0 Å². The smallest absolute Gasteiger partial charge is 0.0680 e. The van der Waals surface area contributed by atoms with Crippen molar-refractivity contribution in [2.45, 2.75) is 70.1 Å². The Balaban J connectivity index is 2.06. The van der Waals surface area contributed by atoms with Crippen molar-refractivity contribution in [3.63, 3.8) is 0 Å². The molecule has 2 aliphatic rings. The van der Waals surface area contributed by atoms with Gasteiger partial charge in [0.15, 0.2) is 0 Å². The summed E-state index contributed by atoms with van der Waals surface area (Å²) in [5.74, 6) is 0.610. The number of hydrogen-bond donors (Lipinski definition) is 1. The highest BCUT2D eigenvalue weighted by molar-refractivity contribution is 4.98. The average Bonchev–Trinajstić information content (AvgIpc) is 2.06. The lowest BCUT2D eigenvalue weighted by Crippen LogP contribution is -2.56. The Hall–Kier alpha value is -0.0800. The molecule has 0 aliphatic carbocycles. The number of aliphatic hydroxyl groups is 1. The van der Waals surface area contributed by atoms with Crippen LogP contribution >= 0.6 is 0 Å². The Labute approximate surface area is 93.7 Å². The summed E-state index contributed by atoms with van der Waals surface area (Å²) < 4.78 is 0. The van der Waals surface area contributed by atoms with Crippen LogP contribution in [0.15, 0.2) is 0 Å². The Kier molecular flexibility index (Phi) is 3.09. The minimum Gasteiger partial charge on any atom is -0.390 e. The zero-order valence-corrected chi connectivity index (χ0v) is 10.4. The molecule has 0 aromatic heterocycles. The topological polar surface area (TPSA) is 23.5 Å². The molecule has 15 heavy (non-hydrogen) atoms. The Morgan fingerprint density at radius 3 is 2.27 bits per heavy atom. The first kappa shape index (κ1) is 11.4. The van der Waals surface area contributed by atoms with Gasteiger partial charge in [0.05, 0.1) is 5.60 Å². The fraction of sp³-hybridized carbons (Fsp3) is 1.00. The molecule has 2 unspecified atom stereocenters. The molecule has 0 spiro atoms. The molecule has 0 amide bonds. The highest BCUT2D eigenvalue weighted by atomic mass is 16.3. The van der Waals surface area contributed by atoms with Crippen LogP contribution in [0.4, 0.5) is 0 Å². The highest BCUT2D eigenvalue weighted by Crippen LogP contribution is 2.40. The molecule has 2 nitrogen and oxygen atoms in total. The molecule has 0 radical (unpaired) electrons. The van der Waals surface area contributed by atoms with Crippen molar-refractivity contribution < 1.29 is 5.11 Å². The van der Waals surface area contributed by atoms with Gasteiger partial charge in [-0.3, -0.25) is 0 Å². The monoisotopic (exact) mass is 211 g/mol. The normalized spacial score (nSPS) is 42.2. The van der Waals surface area contributed by atoms with Crippen LogP contribution in [-0.2, 0) is 0 Å². The summed E-state index contributed by atoms with van der Waals surface area (Å²) in [6, 6.07) is 1.28. The molecule has 2 bridgehead atoms. The van der Waals surface area contributed by atoms with Crippen LogP contribution in [0, 0.1) is 5.92 Å². The number of nitrogens with zero attached hydrogens (tertiary/aromatic N) is 1. The van der Waals surface area contributed by atoms with Gasteiger partial charge in [-0.15, -0.1) is 0 Å². The van der Waals surface area contributed by atoms with E-state index in [0.29, 0.717) is 18.0 Å². The minimum atomic E-state index is -0.365. The van der Waals surface area contributed by atoms with E-state index in [1.54, 1.807) is 0 Å². The second-order valence-corrected chi connectivity index (χ2v) is 6.13. The summed E-state index contributed by atoms with van der Waals surface area (Å²) in [4.78, 5) is 2.51. The van der Waals surface area contributed by atoms with Gasteiger partial charge in [0.1, 0.15) is 0 Å². The van der Waals surface area contributed by atoms with E-state index in [1.807, 2.05) is 0 Å². The molecule has 2 aliphatic heterocycles. The van der Waals surface area contributed by atoms with E-state index < -0.39 is 0 Å². The van der Waals surface area contributed by atoms with Crippen LogP contribution in [-0.4, -0.2) is 34.7 Å². The second kappa shape index (κ2) is 4.06. The second-order valence-electron chi connectivity index (χ2n) is 6.13. The zero-order valence-electron chi connectivity index (χ0n) is 10.4. The molecular weight excluding hydrogens is 186 g/mol. The van der Waals surface area contributed by atoms with Gasteiger partial charge in [-0.2, -0.15) is 0 Å². The van der Waals surface area contributed by atoms with Crippen molar-refractivity contribution in [2.24, 2.45) is 5.92 Å². The van der Waals surface area contributed by atoms with Crippen molar-refractivity contribution >= 4 is 0 Å². The molecule has 0 aromatic rings. The lowest BCUT2D eigenvalue weighted by atomic mass is 9.73. The summed E-state index contributed by atoms with van der Waals surface area (Å²) in [6.07, 6.45) is 6.91. The van der Waals surface area contributed by atoms with Crippen LogP contribution < -0.4 is 0 Å². The number of rotatable bonds is 2. The van der Waals surface area contributed by atoms with Gasteiger partial charge in [-0.1, -0.05) is 20.3 Å². The summed E-state index contributed by atoms with van der Waals surface area (Å²) in [5.41, 5.74) is -0.365. The molecule has 0 saturated carbocycles. The Morgan fingerprint density at radius 2 is 1.80 bits per heavy atom. The van der Waals surface area contributed by atoms with Gasteiger partial charge in [-0.05, 0) is 45.1 Å². The third kappa shape index (κ3) is 2.36. The first-order chi connectivity index (χ1) is 7.00. The fourth-order valence-corrected chi connectivity index (χ4v) is 3.67. The van der Waals surface area contributed by atoms with Crippen LogP contribution in [0.3, 0.4) is 0 Å². The zero-order chi connectivity index (χ0) is 11.1. The van der Waals surface area contributed by atoms with E-state index in [2.05, 4.69) is 25.8 Å². The molecule has 2 fully saturated rings. The van der Waals surface area contributed by atoms with Crippen LogP contribution in [0.5, 0.6) is 0 Å². The van der Waals surface area contributed by atoms with Crippen molar-refractivity contribution in [2.75, 3.05) is 7.05 Å². The van der Waals surface area contributed by atoms with E-state index in [4.69, 9.17) is 0 Å². The Morgan fingerprint density at radius 1 is 1.27 bits per heavy atom. The SMILES string of the molecule is CC(C)CC1(O)CC2CCCC(C1)N2C. The Bertz CT molecular complexity index is 213. The predicted octanol–water partition coefficient (Wildman–Crippen LogP) is 2.41. The molecule has 1 N–H and O–H groups in total. The van der Waals surface area contributed by atoms with E-state index in [-0.39, 0.29) is 5.60 Å². The minimum absolute atomic E-state index is 0.365. The van der Waals surface area contributed by atoms with E-state index in [0.717, 1.165) is 19.3 Å². The van der Waals surface area contributed by atoms with E-state index in [1.165, 1.54) is 19.3 Å². The van der Waals surface area contributed by atoms with Gasteiger partial charge in [0, 0.05) is 12.1 Å². The number of fused-ring (bicyclic) bond motifs is 2. The fourth-order valence-electron chi connectivity index (χ4n) is 3.67. The quantitative estimate of drug-likeness (QED) is 0.758. The molecular formula is C13H25NO. The summed E-state index contributed by atoms with van der Waals surface area (Å²) in [7, 11) is 2.24. The first-order valence-corrected chi connectivity index (χ1v) is 6.44. The maximum atomic E-state index is 10.6. The third-order valence-electron chi connectivity index (χ3n) is 4.25. The van der Waals surface area contributed by atoms with Crippen molar-refractivity contribution in [1.82, 2.24) is 4.90 Å². The molecule has 0 aromatic carbocycles. The largest absolute Gasteiger partial charge is 0.390 e. The molecule has 2 atom stereocenters. The van der Waals surface area contributed by atoms with Crippen molar-refractivity contribution in [3.8, 4) is 0 Å². The van der Waals surface area contributed by atoms with Crippen molar-refractivity contribution in [3.05, 3.63) is 0 Å². The first-order valence-electron chi connectivity index (χ1n) is 6.44. The molecule has 2 heterocycles. The number of hydrogen-bond acceptors (Lipinski definition) is 2. The molecule has 2 heteroatoms. The van der Waals surface area contributed by atoms with Crippen LogP contribution in [0.1, 0.15) is 52.4 Å². The highest BCUT2D eigenvalue weighted by Gasteiger charge is 2.43. The summed E-state index contributed by atoms with van der Waals surface area (Å²) >= 11 is 0. The number of piperidine rings is 2. The van der Waals surface area contributed by atoms with Crippen molar-refractivity contribution in [1.29, 1.82) is 0 Å². The predicted molar refractivity (Wildman–Crippen MR) is 62.8 cm³/mol. The van der Waals surface area contributed by atoms with Crippen LogP contribution in [0.25, 0.3) is 0 Å². The average molecular weight is 211 g/mol. The summed E-state index contributed by atoms with van der Waals surface area (Å²) in [6.45, 7) is 4.43. The maximum absolute atomic E-state index is 10.6. The lowest BCUT2D eigenvalue weighted by Gasteiger charge is -2.51. The van der Waals surface area contributed by atoms with Gasteiger partial charge >= 0.3 is 0 Å². The van der Waals surface area contributed by atoms with Gasteiger partial charge in [-0.25, -0.2) is 0 Å². The lowest BCUT2D eigenvalue weighted by molar-refractivity contribution is -0.0924. The van der Waals surface area contributed by atoms with E-state index >= 15 is 0 Å². The third-order valence-corrected chi connectivity index (χ3v) is 4.25. The molecule has 2 rings (SSSR count). The standard InChI is InChI=1S/C13H25NO/c1-10(2)7-13(15)8-11-5-4-6-12(9-13)14(11)3/h10-12,15H,4-9H2,1-3H3. The van der Waals surface area contributed by atoms with Crippen LogP contribution in [0.2, 0.25) is 0 Å². The van der Waals surface area contributed by atoms with E-state index in [9.17, 15) is 5.11 Å². The van der Waals surface area contributed by atoms with Gasteiger partial charge in [0.2, 0.25) is 0 Å². The van der Waals surface area contributed by atoms with Gasteiger partial charge < -0.3 is 10.0 Å². The maximum Gasteiger partial charge on any atom is 0.0680 e. The molecule has 2 saturated heterocycles. The molecule has 88 valence electrons. The summed E-state index contributed by atoms with van der Waals surface area (Å²) in [5, 5.41) is 10.6.